The Morgan fingerprint density at radius 1 is 1.24 bits per heavy atom. The molecule has 6 heteroatoms. The van der Waals surface area contributed by atoms with E-state index in [-0.39, 0.29) is 16.3 Å². The second-order valence-electron chi connectivity index (χ2n) is 6.67. The molecule has 118 valence electrons. The van der Waals surface area contributed by atoms with Crippen molar-refractivity contribution >= 4 is 16.3 Å². The standard InChI is InChI=1S/C15H23NO4S/c1-15(2,3)12-5-4-9-16(10-8-12)21(18,19)14-7-6-13(11-17)20-14/h6-7,11-12H,4-5,8-10H2,1-3H3. The third kappa shape index (κ3) is 3.55. The molecule has 0 aliphatic carbocycles. The molecule has 0 radical (unpaired) electrons. The minimum Gasteiger partial charge on any atom is -0.440 e. The van der Waals surface area contributed by atoms with Gasteiger partial charge >= 0.3 is 0 Å². The SMILES string of the molecule is CC(C)(C)C1CCCN(S(=O)(=O)c2ccc(C=O)o2)CC1. The van der Waals surface area contributed by atoms with Crippen molar-refractivity contribution in [3.8, 4) is 0 Å². The average Bonchev–Trinajstić information content (AvgIpc) is 2.73. The first-order valence-electron chi connectivity index (χ1n) is 7.30. The number of aldehydes is 1. The molecular formula is C15H23NO4S. The van der Waals surface area contributed by atoms with Crippen LogP contribution in [0, 0.1) is 11.3 Å². The maximum atomic E-state index is 12.5. The summed E-state index contributed by atoms with van der Waals surface area (Å²) in [5.74, 6) is 0.552. The van der Waals surface area contributed by atoms with Gasteiger partial charge in [0.05, 0.1) is 0 Å². The van der Waals surface area contributed by atoms with Crippen LogP contribution in [0.15, 0.2) is 21.6 Å². The summed E-state index contributed by atoms with van der Waals surface area (Å²) in [5.41, 5.74) is 0.190. The van der Waals surface area contributed by atoms with E-state index in [4.69, 9.17) is 4.42 Å². The molecule has 1 aromatic heterocycles. The van der Waals surface area contributed by atoms with Crippen molar-refractivity contribution < 1.29 is 17.6 Å². The highest BCUT2D eigenvalue weighted by Crippen LogP contribution is 2.35. The van der Waals surface area contributed by atoms with Crippen LogP contribution in [-0.2, 0) is 10.0 Å². The largest absolute Gasteiger partial charge is 0.440 e. The first kappa shape index (κ1) is 16.2. The van der Waals surface area contributed by atoms with Crippen molar-refractivity contribution in [3.05, 3.63) is 17.9 Å². The zero-order chi connectivity index (χ0) is 15.7. The quantitative estimate of drug-likeness (QED) is 0.805. The molecule has 0 aromatic carbocycles. The number of nitrogens with zero attached hydrogens (tertiary/aromatic N) is 1. The zero-order valence-corrected chi connectivity index (χ0v) is 13.6. The molecule has 0 N–H and O–H groups in total. The van der Waals surface area contributed by atoms with Gasteiger partial charge in [-0.25, -0.2) is 8.42 Å². The fourth-order valence-electron chi connectivity index (χ4n) is 2.84. The van der Waals surface area contributed by atoms with E-state index in [9.17, 15) is 13.2 Å². The molecule has 1 aromatic rings. The summed E-state index contributed by atoms with van der Waals surface area (Å²) in [6.07, 6.45) is 3.25. The Labute approximate surface area is 126 Å². The molecule has 1 unspecified atom stereocenters. The van der Waals surface area contributed by atoms with Crippen LogP contribution in [0.1, 0.15) is 50.6 Å². The highest BCUT2D eigenvalue weighted by molar-refractivity contribution is 7.89. The van der Waals surface area contributed by atoms with Crippen LogP contribution < -0.4 is 0 Å². The van der Waals surface area contributed by atoms with Gasteiger partial charge in [-0.3, -0.25) is 4.79 Å². The molecule has 1 aliphatic rings. The van der Waals surface area contributed by atoms with Gasteiger partial charge in [0.15, 0.2) is 12.0 Å². The minimum atomic E-state index is -3.64. The minimum absolute atomic E-state index is 0.0379. The first-order valence-corrected chi connectivity index (χ1v) is 8.74. The average molecular weight is 313 g/mol. The van der Waals surface area contributed by atoms with Crippen LogP contribution in [-0.4, -0.2) is 32.1 Å². The summed E-state index contributed by atoms with van der Waals surface area (Å²) in [5, 5.41) is -0.140. The van der Waals surface area contributed by atoms with Crippen molar-refractivity contribution in [3.63, 3.8) is 0 Å². The fraction of sp³-hybridized carbons (Fsp3) is 0.667. The van der Waals surface area contributed by atoms with Gasteiger partial charge in [-0.05, 0) is 42.7 Å². The van der Waals surface area contributed by atoms with Gasteiger partial charge < -0.3 is 4.42 Å². The molecule has 1 saturated heterocycles. The van der Waals surface area contributed by atoms with Crippen LogP contribution >= 0.6 is 0 Å². The Hall–Kier alpha value is -1.14. The maximum absolute atomic E-state index is 12.5. The van der Waals surface area contributed by atoms with Crippen LogP contribution in [0.2, 0.25) is 0 Å². The van der Waals surface area contributed by atoms with Gasteiger partial charge in [-0.1, -0.05) is 20.8 Å². The lowest BCUT2D eigenvalue weighted by atomic mass is 9.77. The van der Waals surface area contributed by atoms with E-state index in [1.807, 2.05) is 0 Å². The number of carbonyl (C=O) groups is 1. The van der Waals surface area contributed by atoms with E-state index < -0.39 is 10.0 Å². The zero-order valence-electron chi connectivity index (χ0n) is 12.8. The second-order valence-corrected chi connectivity index (χ2v) is 8.54. The van der Waals surface area contributed by atoms with Crippen molar-refractivity contribution in [2.24, 2.45) is 11.3 Å². The van der Waals surface area contributed by atoms with Crippen LogP contribution in [0.25, 0.3) is 0 Å². The number of hydrogen-bond donors (Lipinski definition) is 0. The number of rotatable bonds is 3. The molecule has 0 spiro atoms. The van der Waals surface area contributed by atoms with Crippen LogP contribution in [0.4, 0.5) is 0 Å². The summed E-state index contributed by atoms with van der Waals surface area (Å²) in [4.78, 5) is 10.6. The summed E-state index contributed by atoms with van der Waals surface area (Å²) in [6.45, 7) is 7.60. The Bertz CT molecular complexity index is 597. The number of sulfonamides is 1. The number of furan rings is 1. The predicted molar refractivity (Wildman–Crippen MR) is 79.7 cm³/mol. The smallest absolute Gasteiger partial charge is 0.276 e. The Morgan fingerprint density at radius 3 is 2.52 bits per heavy atom. The Kier molecular flexibility index (Phi) is 4.58. The topological polar surface area (TPSA) is 67.6 Å². The molecule has 1 atom stereocenters. The van der Waals surface area contributed by atoms with E-state index in [1.165, 1.54) is 16.4 Å². The van der Waals surface area contributed by atoms with Crippen LogP contribution in [0.3, 0.4) is 0 Å². The number of hydrogen-bond acceptors (Lipinski definition) is 4. The third-order valence-corrected chi connectivity index (χ3v) is 6.00. The fourth-order valence-corrected chi connectivity index (χ4v) is 4.25. The third-order valence-electron chi connectivity index (χ3n) is 4.22. The Balaban J connectivity index is 2.16. The van der Waals surface area contributed by atoms with E-state index in [1.54, 1.807) is 0 Å². The summed E-state index contributed by atoms with van der Waals surface area (Å²) in [7, 11) is -3.64. The highest BCUT2D eigenvalue weighted by Gasteiger charge is 2.33. The van der Waals surface area contributed by atoms with Crippen molar-refractivity contribution in [1.29, 1.82) is 0 Å². The van der Waals surface area contributed by atoms with Gasteiger partial charge in [0, 0.05) is 13.1 Å². The molecule has 2 rings (SSSR count). The van der Waals surface area contributed by atoms with Gasteiger partial charge in [0.2, 0.25) is 5.09 Å². The maximum Gasteiger partial charge on any atom is 0.276 e. The normalized spacial score (nSPS) is 22.0. The molecule has 21 heavy (non-hydrogen) atoms. The molecule has 1 fully saturated rings. The molecule has 0 saturated carbocycles. The monoisotopic (exact) mass is 313 g/mol. The Morgan fingerprint density at radius 2 is 1.95 bits per heavy atom. The lowest BCUT2D eigenvalue weighted by Gasteiger charge is -2.29. The van der Waals surface area contributed by atoms with Crippen molar-refractivity contribution in [1.82, 2.24) is 4.31 Å². The molecule has 0 amide bonds. The van der Waals surface area contributed by atoms with E-state index in [2.05, 4.69) is 20.8 Å². The molecule has 5 nitrogen and oxygen atoms in total. The molecule has 1 aliphatic heterocycles. The number of carbonyl (C=O) groups excluding carboxylic acids is 1. The summed E-state index contributed by atoms with van der Waals surface area (Å²) in [6, 6.07) is 2.74. The lowest BCUT2D eigenvalue weighted by molar-refractivity contribution is 0.109. The highest BCUT2D eigenvalue weighted by atomic mass is 32.2. The molecule has 0 bridgehead atoms. The van der Waals surface area contributed by atoms with Crippen molar-refractivity contribution in [2.45, 2.75) is 45.1 Å². The van der Waals surface area contributed by atoms with Gasteiger partial charge in [0.1, 0.15) is 0 Å². The van der Waals surface area contributed by atoms with Crippen molar-refractivity contribution in [2.75, 3.05) is 13.1 Å². The van der Waals surface area contributed by atoms with Gasteiger partial charge in [0.25, 0.3) is 10.0 Å². The van der Waals surface area contributed by atoms with E-state index in [0.29, 0.717) is 25.3 Å². The predicted octanol–water partition coefficient (Wildman–Crippen LogP) is 2.93. The van der Waals surface area contributed by atoms with Crippen LogP contribution in [0.5, 0.6) is 0 Å². The molecular weight excluding hydrogens is 290 g/mol. The van der Waals surface area contributed by atoms with Gasteiger partial charge in [-0.2, -0.15) is 4.31 Å². The second kappa shape index (κ2) is 5.93. The summed E-state index contributed by atoms with van der Waals surface area (Å²) < 4.78 is 31.7. The van der Waals surface area contributed by atoms with E-state index >= 15 is 0 Å². The summed E-state index contributed by atoms with van der Waals surface area (Å²) >= 11 is 0. The molecule has 2 heterocycles. The lowest BCUT2D eigenvalue weighted by Crippen LogP contribution is -2.32. The first-order chi connectivity index (χ1) is 9.75. The van der Waals surface area contributed by atoms with E-state index in [0.717, 1.165) is 19.3 Å². The van der Waals surface area contributed by atoms with Gasteiger partial charge in [-0.15, -0.1) is 0 Å².